The van der Waals surface area contributed by atoms with Crippen LogP contribution in [0.4, 0.5) is 0 Å². The fraction of sp³-hybridized carbons (Fsp3) is 0.562. The second-order valence-electron chi connectivity index (χ2n) is 5.58. The van der Waals surface area contributed by atoms with Crippen LogP contribution in [-0.4, -0.2) is 54.8 Å². The number of ether oxygens (including phenoxy) is 1. The monoisotopic (exact) mass is 292 g/mol. The molecule has 1 aromatic rings. The lowest BCUT2D eigenvalue weighted by Gasteiger charge is -2.33. The Kier molecular flexibility index (Phi) is 6.02. The van der Waals surface area contributed by atoms with Gasteiger partial charge in [-0.15, -0.1) is 0 Å². The first-order valence-corrected chi connectivity index (χ1v) is 7.50. The van der Waals surface area contributed by atoms with Crippen LogP contribution in [0.5, 0.6) is 5.75 Å². The summed E-state index contributed by atoms with van der Waals surface area (Å²) in [5.74, 6) is 1.05. The predicted octanol–water partition coefficient (Wildman–Crippen LogP) is 0.884. The van der Waals surface area contributed by atoms with Gasteiger partial charge in [-0.1, -0.05) is 25.1 Å². The number of carbonyl (C=O) groups excluding carboxylic acids is 1. The van der Waals surface area contributed by atoms with E-state index in [1.54, 1.807) is 0 Å². The van der Waals surface area contributed by atoms with Crippen molar-refractivity contribution in [1.82, 2.24) is 10.2 Å². The molecule has 21 heavy (non-hydrogen) atoms. The van der Waals surface area contributed by atoms with Gasteiger partial charge in [0.1, 0.15) is 12.4 Å². The molecular formula is C16H24N2O3. The first-order valence-electron chi connectivity index (χ1n) is 7.50. The Balaban J connectivity index is 1.59. The molecule has 0 bridgehead atoms. The zero-order valence-corrected chi connectivity index (χ0v) is 12.5. The molecule has 2 atom stereocenters. The van der Waals surface area contributed by atoms with Crippen LogP contribution in [0.25, 0.3) is 0 Å². The second kappa shape index (κ2) is 8.00. The van der Waals surface area contributed by atoms with Crippen molar-refractivity contribution in [2.24, 2.45) is 5.92 Å². The Morgan fingerprint density at radius 1 is 1.43 bits per heavy atom. The number of carbonyl (C=O) groups is 1. The maximum atomic E-state index is 11.8. The van der Waals surface area contributed by atoms with E-state index >= 15 is 0 Å². The number of piperidine rings is 1. The average Bonchev–Trinajstić information content (AvgIpc) is 2.49. The van der Waals surface area contributed by atoms with Crippen molar-refractivity contribution in [1.29, 1.82) is 0 Å². The molecule has 0 spiro atoms. The van der Waals surface area contributed by atoms with E-state index in [4.69, 9.17) is 4.74 Å². The highest BCUT2D eigenvalue weighted by molar-refractivity contribution is 5.78. The molecule has 116 valence electrons. The van der Waals surface area contributed by atoms with Gasteiger partial charge in [-0.25, -0.2) is 0 Å². The lowest BCUT2D eigenvalue weighted by molar-refractivity contribution is -0.123. The number of aliphatic hydroxyl groups excluding tert-OH is 1. The number of hydrogen-bond acceptors (Lipinski definition) is 4. The average molecular weight is 292 g/mol. The number of aliphatic hydroxyl groups is 1. The number of hydrogen-bond donors (Lipinski definition) is 2. The predicted molar refractivity (Wildman–Crippen MR) is 81.2 cm³/mol. The normalized spacial score (nSPS) is 22.8. The Morgan fingerprint density at radius 3 is 2.90 bits per heavy atom. The van der Waals surface area contributed by atoms with Crippen molar-refractivity contribution in [3.63, 3.8) is 0 Å². The Morgan fingerprint density at radius 2 is 2.19 bits per heavy atom. The topological polar surface area (TPSA) is 61.8 Å². The highest BCUT2D eigenvalue weighted by Gasteiger charge is 2.25. The van der Waals surface area contributed by atoms with E-state index in [1.807, 2.05) is 37.3 Å². The van der Waals surface area contributed by atoms with E-state index in [2.05, 4.69) is 10.2 Å². The van der Waals surface area contributed by atoms with Crippen molar-refractivity contribution in [2.75, 3.05) is 32.8 Å². The standard InChI is InChI=1S/C16H24N2O3/c1-13-11-18(9-7-15(13)19)12-16(20)17-8-10-21-14-5-3-2-4-6-14/h2-6,13,15,19H,7-12H2,1H3,(H,17,20). The third kappa shape index (κ3) is 5.36. The molecule has 1 fully saturated rings. The van der Waals surface area contributed by atoms with Gasteiger partial charge >= 0.3 is 0 Å². The molecule has 5 nitrogen and oxygen atoms in total. The molecule has 2 unspecified atom stereocenters. The molecular weight excluding hydrogens is 268 g/mol. The number of nitrogens with one attached hydrogen (secondary N) is 1. The number of likely N-dealkylation sites (tertiary alicyclic amines) is 1. The minimum absolute atomic E-state index is 0.00949. The van der Waals surface area contributed by atoms with Gasteiger partial charge in [0, 0.05) is 13.1 Å². The van der Waals surface area contributed by atoms with Crippen molar-refractivity contribution in [3.05, 3.63) is 30.3 Å². The summed E-state index contributed by atoms with van der Waals surface area (Å²) in [6.07, 6.45) is 0.509. The fourth-order valence-electron chi connectivity index (χ4n) is 2.50. The minimum Gasteiger partial charge on any atom is -0.492 e. The molecule has 1 heterocycles. The maximum absolute atomic E-state index is 11.8. The molecule has 1 aromatic carbocycles. The molecule has 0 aliphatic carbocycles. The second-order valence-corrected chi connectivity index (χ2v) is 5.58. The summed E-state index contributed by atoms with van der Waals surface area (Å²) in [6, 6.07) is 9.55. The number of para-hydroxylation sites is 1. The Labute approximate surface area is 125 Å². The van der Waals surface area contributed by atoms with Crippen molar-refractivity contribution >= 4 is 5.91 Å². The van der Waals surface area contributed by atoms with Gasteiger partial charge in [0.25, 0.3) is 0 Å². The zero-order chi connectivity index (χ0) is 15.1. The highest BCUT2D eigenvalue weighted by atomic mass is 16.5. The molecule has 2 N–H and O–H groups in total. The summed E-state index contributed by atoms with van der Waals surface area (Å²) in [6.45, 7) is 4.92. The first kappa shape index (κ1) is 15.8. The molecule has 0 radical (unpaired) electrons. The fourth-order valence-corrected chi connectivity index (χ4v) is 2.50. The molecule has 1 aliphatic heterocycles. The molecule has 0 aromatic heterocycles. The minimum atomic E-state index is -0.233. The third-order valence-electron chi connectivity index (χ3n) is 3.75. The zero-order valence-electron chi connectivity index (χ0n) is 12.5. The first-order chi connectivity index (χ1) is 10.1. The van der Waals surface area contributed by atoms with E-state index < -0.39 is 0 Å². The van der Waals surface area contributed by atoms with Gasteiger partial charge in [-0.3, -0.25) is 9.69 Å². The van der Waals surface area contributed by atoms with Crippen LogP contribution in [-0.2, 0) is 4.79 Å². The van der Waals surface area contributed by atoms with E-state index in [-0.39, 0.29) is 17.9 Å². The van der Waals surface area contributed by atoms with Gasteiger partial charge in [0.15, 0.2) is 0 Å². The van der Waals surface area contributed by atoms with Crippen LogP contribution in [0, 0.1) is 5.92 Å². The number of amides is 1. The molecule has 1 aliphatic rings. The largest absolute Gasteiger partial charge is 0.492 e. The number of benzene rings is 1. The Bertz CT molecular complexity index is 438. The molecule has 1 saturated heterocycles. The van der Waals surface area contributed by atoms with E-state index in [0.717, 1.165) is 25.3 Å². The summed E-state index contributed by atoms with van der Waals surface area (Å²) in [5.41, 5.74) is 0. The van der Waals surface area contributed by atoms with Gasteiger partial charge < -0.3 is 15.2 Å². The summed E-state index contributed by atoms with van der Waals surface area (Å²) < 4.78 is 5.52. The molecule has 0 saturated carbocycles. The van der Waals surface area contributed by atoms with Crippen molar-refractivity contribution < 1.29 is 14.6 Å². The molecule has 1 amide bonds. The van der Waals surface area contributed by atoms with Crippen LogP contribution >= 0.6 is 0 Å². The van der Waals surface area contributed by atoms with Gasteiger partial charge in [0.2, 0.25) is 5.91 Å². The lowest BCUT2D eigenvalue weighted by atomic mass is 9.97. The van der Waals surface area contributed by atoms with E-state index in [1.165, 1.54) is 0 Å². The lowest BCUT2D eigenvalue weighted by Crippen LogP contribution is -2.46. The number of rotatable bonds is 6. The maximum Gasteiger partial charge on any atom is 0.234 e. The number of nitrogens with zero attached hydrogens (tertiary/aromatic N) is 1. The SMILES string of the molecule is CC1CN(CC(=O)NCCOc2ccccc2)CCC1O. The van der Waals surface area contributed by atoms with E-state index in [9.17, 15) is 9.90 Å². The van der Waals surface area contributed by atoms with Crippen LogP contribution < -0.4 is 10.1 Å². The van der Waals surface area contributed by atoms with Crippen LogP contribution in [0.3, 0.4) is 0 Å². The van der Waals surface area contributed by atoms with Crippen LogP contribution in [0.2, 0.25) is 0 Å². The molecule has 5 heteroatoms. The van der Waals surface area contributed by atoms with Gasteiger partial charge in [0.05, 0.1) is 19.2 Å². The van der Waals surface area contributed by atoms with Gasteiger partial charge in [-0.2, -0.15) is 0 Å². The van der Waals surface area contributed by atoms with Crippen molar-refractivity contribution in [2.45, 2.75) is 19.4 Å². The molecule has 2 rings (SSSR count). The summed E-state index contributed by atoms with van der Waals surface area (Å²) in [5, 5.41) is 12.5. The van der Waals surface area contributed by atoms with Crippen LogP contribution in [0.1, 0.15) is 13.3 Å². The third-order valence-corrected chi connectivity index (χ3v) is 3.75. The van der Waals surface area contributed by atoms with Gasteiger partial charge in [-0.05, 0) is 24.5 Å². The summed E-state index contributed by atoms with van der Waals surface area (Å²) in [7, 11) is 0. The smallest absolute Gasteiger partial charge is 0.234 e. The Hall–Kier alpha value is -1.59. The van der Waals surface area contributed by atoms with Crippen LogP contribution in [0.15, 0.2) is 30.3 Å². The summed E-state index contributed by atoms with van der Waals surface area (Å²) in [4.78, 5) is 13.9. The quantitative estimate of drug-likeness (QED) is 0.764. The van der Waals surface area contributed by atoms with E-state index in [0.29, 0.717) is 19.7 Å². The summed E-state index contributed by atoms with van der Waals surface area (Å²) >= 11 is 0. The highest BCUT2D eigenvalue weighted by Crippen LogP contribution is 2.15. The van der Waals surface area contributed by atoms with Crippen molar-refractivity contribution in [3.8, 4) is 5.75 Å².